The van der Waals surface area contributed by atoms with E-state index in [0.717, 1.165) is 11.9 Å². The molecular formula is C18H25N3O2S. The summed E-state index contributed by atoms with van der Waals surface area (Å²) in [5, 5.41) is 4.42. The van der Waals surface area contributed by atoms with Gasteiger partial charge < -0.3 is 9.73 Å². The summed E-state index contributed by atoms with van der Waals surface area (Å²) in [6.07, 6.45) is 4.91. The molecule has 1 heterocycles. The number of furan rings is 1. The van der Waals surface area contributed by atoms with Gasteiger partial charge in [0.1, 0.15) is 5.58 Å². The molecule has 0 unspecified atom stereocenters. The van der Waals surface area contributed by atoms with E-state index in [1.54, 1.807) is 6.07 Å². The van der Waals surface area contributed by atoms with Crippen LogP contribution in [0.15, 0.2) is 34.7 Å². The van der Waals surface area contributed by atoms with E-state index >= 15 is 0 Å². The topological polar surface area (TPSA) is 66.3 Å². The van der Waals surface area contributed by atoms with E-state index < -0.39 is 0 Å². The van der Waals surface area contributed by atoms with Gasteiger partial charge in [-0.3, -0.25) is 15.6 Å². The molecule has 0 saturated carbocycles. The van der Waals surface area contributed by atoms with Gasteiger partial charge in [-0.25, -0.2) is 0 Å². The lowest BCUT2D eigenvalue weighted by Gasteiger charge is -2.15. The van der Waals surface area contributed by atoms with E-state index in [0.29, 0.717) is 16.6 Å². The Morgan fingerprint density at radius 2 is 2.04 bits per heavy atom. The lowest BCUT2D eigenvalue weighted by Crippen LogP contribution is -2.47. The van der Waals surface area contributed by atoms with Crippen LogP contribution in [0.25, 0.3) is 11.0 Å². The van der Waals surface area contributed by atoms with Crippen molar-refractivity contribution in [2.24, 2.45) is 5.92 Å². The van der Waals surface area contributed by atoms with Crippen LogP contribution >= 0.6 is 12.2 Å². The van der Waals surface area contributed by atoms with E-state index in [9.17, 15) is 4.79 Å². The van der Waals surface area contributed by atoms with E-state index in [1.165, 1.54) is 25.7 Å². The molecule has 0 aliphatic carbocycles. The zero-order valence-corrected chi connectivity index (χ0v) is 15.0. The van der Waals surface area contributed by atoms with Crippen LogP contribution in [-0.2, 0) is 0 Å². The number of hydrogen-bond donors (Lipinski definition) is 3. The number of carbonyl (C=O) groups excluding carboxylic acids is 1. The number of amides is 1. The predicted octanol–water partition coefficient (Wildman–Crippen LogP) is 3.76. The molecule has 1 aromatic heterocycles. The van der Waals surface area contributed by atoms with Crippen molar-refractivity contribution in [2.75, 3.05) is 6.54 Å². The maximum atomic E-state index is 12.1. The Bertz CT molecular complexity index is 651. The molecule has 0 aliphatic heterocycles. The molecule has 0 radical (unpaired) electrons. The summed E-state index contributed by atoms with van der Waals surface area (Å²) in [4.78, 5) is 12.1. The summed E-state index contributed by atoms with van der Waals surface area (Å²) >= 11 is 5.17. The molecule has 2 aromatic rings. The molecule has 0 spiro atoms. The summed E-state index contributed by atoms with van der Waals surface area (Å²) in [5.41, 5.74) is 5.94. The Balaban J connectivity index is 1.72. The second kappa shape index (κ2) is 9.27. The predicted molar refractivity (Wildman–Crippen MR) is 101 cm³/mol. The summed E-state index contributed by atoms with van der Waals surface area (Å²) < 4.78 is 5.50. The molecule has 5 nitrogen and oxygen atoms in total. The van der Waals surface area contributed by atoms with Crippen LogP contribution < -0.4 is 16.2 Å². The maximum Gasteiger partial charge on any atom is 0.305 e. The fourth-order valence-electron chi connectivity index (χ4n) is 2.42. The summed E-state index contributed by atoms with van der Waals surface area (Å²) in [6, 6.07) is 9.20. The molecule has 3 N–H and O–H groups in total. The van der Waals surface area contributed by atoms with Gasteiger partial charge in [0.05, 0.1) is 0 Å². The van der Waals surface area contributed by atoms with Crippen LogP contribution in [0.1, 0.15) is 50.1 Å². The van der Waals surface area contributed by atoms with E-state index in [-0.39, 0.29) is 11.7 Å². The highest BCUT2D eigenvalue weighted by Gasteiger charge is 2.12. The van der Waals surface area contributed by atoms with Gasteiger partial charge in [0.25, 0.3) is 0 Å². The van der Waals surface area contributed by atoms with Gasteiger partial charge in [0.2, 0.25) is 0 Å². The van der Waals surface area contributed by atoms with Crippen molar-refractivity contribution in [3.8, 4) is 0 Å². The quantitative estimate of drug-likeness (QED) is 0.404. The van der Waals surface area contributed by atoms with Gasteiger partial charge in [0, 0.05) is 11.9 Å². The van der Waals surface area contributed by atoms with Gasteiger partial charge in [0.15, 0.2) is 10.9 Å². The first kappa shape index (κ1) is 18.3. The molecule has 1 atom stereocenters. The van der Waals surface area contributed by atoms with Crippen molar-refractivity contribution in [3.63, 3.8) is 0 Å². The summed E-state index contributed by atoms with van der Waals surface area (Å²) in [5.74, 6) is 0.438. The number of benzene rings is 1. The molecule has 2 rings (SSSR count). The van der Waals surface area contributed by atoms with Crippen LogP contribution in [0, 0.1) is 5.92 Å². The lowest BCUT2D eigenvalue weighted by molar-refractivity contribution is 0.0918. The van der Waals surface area contributed by atoms with Gasteiger partial charge >= 0.3 is 5.91 Å². The van der Waals surface area contributed by atoms with Crippen LogP contribution in [0.4, 0.5) is 0 Å². The first-order chi connectivity index (χ1) is 11.6. The van der Waals surface area contributed by atoms with Crippen molar-refractivity contribution in [1.82, 2.24) is 16.2 Å². The minimum atomic E-state index is -0.355. The van der Waals surface area contributed by atoms with Crippen molar-refractivity contribution >= 4 is 34.2 Å². The number of nitrogens with one attached hydrogen (secondary N) is 3. The number of fused-ring (bicyclic) bond motifs is 1. The molecule has 1 amide bonds. The second-order valence-electron chi connectivity index (χ2n) is 6.04. The largest absolute Gasteiger partial charge is 0.451 e. The van der Waals surface area contributed by atoms with Gasteiger partial charge in [-0.2, -0.15) is 0 Å². The maximum absolute atomic E-state index is 12.1. The Morgan fingerprint density at radius 3 is 2.79 bits per heavy atom. The molecule has 0 saturated heterocycles. The van der Waals surface area contributed by atoms with Crippen LogP contribution in [-0.4, -0.2) is 17.6 Å². The van der Waals surface area contributed by atoms with E-state index in [2.05, 4.69) is 30.0 Å². The highest BCUT2D eigenvalue weighted by molar-refractivity contribution is 7.80. The number of thiocarbonyl (C=S) groups is 1. The SMILES string of the molecule is CCCCC[C@@H](C)CNC(=S)NNC(=O)c1cc2ccccc2o1. The first-order valence-corrected chi connectivity index (χ1v) is 8.83. The highest BCUT2D eigenvalue weighted by atomic mass is 32.1. The zero-order valence-electron chi connectivity index (χ0n) is 14.2. The number of rotatable bonds is 7. The second-order valence-corrected chi connectivity index (χ2v) is 6.45. The number of carbonyl (C=O) groups is 1. The molecule has 6 heteroatoms. The zero-order chi connectivity index (χ0) is 17.4. The van der Waals surface area contributed by atoms with Gasteiger partial charge in [-0.1, -0.05) is 51.3 Å². The smallest absolute Gasteiger partial charge is 0.305 e. The molecule has 1 aromatic carbocycles. The van der Waals surface area contributed by atoms with Gasteiger partial charge in [-0.15, -0.1) is 0 Å². The minimum absolute atomic E-state index is 0.249. The molecule has 0 aliphatic rings. The number of unbranched alkanes of at least 4 members (excludes halogenated alkanes) is 2. The summed E-state index contributed by atoms with van der Waals surface area (Å²) in [7, 11) is 0. The third-order valence-electron chi connectivity index (χ3n) is 3.85. The fraction of sp³-hybridized carbons (Fsp3) is 0.444. The third-order valence-corrected chi connectivity index (χ3v) is 4.10. The van der Waals surface area contributed by atoms with E-state index in [1.807, 2.05) is 24.3 Å². The Hall–Kier alpha value is -2.08. The lowest BCUT2D eigenvalue weighted by atomic mass is 10.0. The monoisotopic (exact) mass is 347 g/mol. The minimum Gasteiger partial charge on any atom is -0.451 e. The molecule has 0 fully saturated rings. The Morgan fingerprint density at radius 1 is 1.25 bits per heavy atom. The van der Waals surface area contributed by atoms with Crippen molar-refractivity contribution in [3.05, 3.63) is 36.1 Å². The highest BCUT2D eigenvalue weighted by Crippen LogP contribution is 2.18. The normalized spacial score (nSPS) is 11.9. The Kier molecular flexibility index (Phi) is 7.06. The number of para-hydroxylation sites is 1. The third kappa shape index (κ3) is 5.53. The van der Waals surface area contributed by atoms with Crippen molar-refractivity contribution < 1.29 is 9.21 Å². The number of hydrogen-bond acceptors (Lipinski definition) is 3. The molecule has 0 bridgehead atoms. The average Bonchev–Trinajstić information content (AvgIpc) is 3.02. The van der Waals surface area contributed by atoms with Gasteiger partial charge in [-0.05, 0) is 36.7 Å². The fourth-order valence-corrected chi connectivity index (χ4v) is 2.56. The van der Waals surface area contributed by atoms with Crippen molar-refractivity contribution in [1.29, 1.82) is 0 Å². The molecule has 130 valence electrons. The van der Waals surface area contributed by atoms with E-state index in [4.69, 9.17) is 16.6 Å². The van der Waals surface area contributed by atoms with Crippen molar-refractivity contribution in [2.45, 2.75) is 39.5 Å². The van der Waals surface area contributed by atoms with Crippen LogP contribution in [0.3, 0.4) is 0 Å². The Labute approximate surface area is 148 Å². The average molecular weight is 347 g/mol. The summed E-state index contributed by atoms with van der Waals surface area (Å²) in [6.45, 7) is 5.18. The van der Waals surface area contributed by atoms with Crippen LogP contribution in [0.5, 0.6) is 0 Å². The number of hydrazine groups is 1. The van der Waals surface area contributed by atoms with Crippen LogP contribution in [0.2, 0.25) is 0 Å². The first-order valence-electron chi connectivity index (χ1n) is 8.43. The standard InChI is InChI=1S/C18H25N3O2S/c1-3-4-5-8-13(2)12-19-18(24)21-20-17(22)16-11-14-9-6-7-10-15(14)23-16/h6-7,9-11,13H,3-5,8,12H2,1-2H3,(H,20,22)(H2,19,21,24)/t13-/m1/s1. The molecular weight excluding hydrogens is 322 g/mol. The molecule has 24 heavy (non-hydrogen) atoms.